The Morgan fingerprint density at radius 1 is 1.04 bits per heavy atom. The van der Waals surface area contributed by atoms with Crippen LogP contribution in [0.25, 0.3) is 0 Å². The predicted molar refractivity (Wildman–Crippen MR) is 108 cm³/mol. The van der Waals surface area contributed by atoms with Crippen LogP contribution in [0.3, 0.4) is 0 Å². The second-order valence-corrected chi connectivity index (χ2v) is 7.41. The van der Waals surface area contributed by atoms with E-state index in [4.69, 9.17) is 27.9 Å². The van der Waals surface area contributed by atoms with E-state index >= 15 is 0 Å². The molecule has 0 aliphatic heterocycles. The highest BCUT2D eigenvalue weighted by atomic mass is 35.5. The molecule has 0 radical (unpaired) electrons. The van der Waals surface area contributed by atoms with Crippen LogP contribution >= 0.6 is 35.0 Å². The molecular weight excluding hydrogens is 389 g/mol. The first-order valence-electron chi connectivity index (χ1n) is 8.23. The van der Waals surface area contributed by atoms with Gasteiger partial charge < -0.3 is 9.30 Å². The molecule has 0 saturated carbocycles. The van der Waals surface area contributed by atoms with Gasteiger partial charge in [-0.25, -0.2) is 0 Å². The van der Waals surface area contributed by atoms with Gasteiger partial charge in [0, 0.05) is 28.8 Å². The van der Waals surface area contributed by atoms with Crippen LogP contribution in [0.15, 0.2) is 47.6 Å². The van der Waals surface area contributed by atoms with Gasteiger partial charge in [-0.1, -0.05) is 53.2 Å². The van der Waals surface area contributed by atoms with Crippen molar-refractivity contribution in [2.45, 2.75) is 30.8 Å². The maximum absolute atomic E-state index is 6.26. The molecule has 0 atom stereocenters. The third-order valence-electron chi connectivity index (χ3n) is 4.04. The molecule has 0 bridgehead atoms. The lowest BCUT2D eigenvalue weighted by atomic mass is 10.1. The third kappa shape index (κ3) is 4.34. The van der Waals surface area contributed by atoms with Crippen molar-refractivity contribution < 1.29 is 4.74 Å². The van der Waals surface area contributed by atoms with Crippen LogP contribution in [-0.2, 0) is 18.7 Å². The summed E-state index contributed by atoms with van der Waals surface area (Å²) in [6, 6.07) is 13.5. The van der Waals surface area contributed by atoms with Gasteiger partial charge >= 0.3 is 0 Å². The molecule has 1 aromatic heterocycles. The van der Waals surface area contributed by atoms with Crippen LogP contribution in [0.1, 0.15) is 23.9 Å². The first kappa shape index (κ1) is 19.1. The molecule has 0 saturated heterocycles. The zero-order valence-corrected chi connectivity index (χ0v) is 16.9. The summed E-state index contributed by atoms with van der Waals surface area (Å²) in [5.41, 5.74) is 2.08. The number of hydrogen-bond donors (Lipinski definition) is 0. The normalized spacial score (nSPS) is 10.9. The fraction of sp³-hybridized carbons (Fsp3) is 0.263. The molecule has 0 unspecified atom stereocenters. The lowest BCUT2D eigenvalue weighted by molar-refractivity contribution is 0.414. The standard InChI is InChI=1S/C19H19Cl2N3OS/c1-3-24-18(11-13-7-9-14(25-2)10-8-13)22-23-19(24)26-12-15-16(20)5-4-6-17(15)21/h4-10H,3,11-12H2,1-2H3. The molecule has 0 aliphatic rings. The summed E-state index contributed by atoms with van der Waals surface area (Å²) in [5.74, 6) is 2.43. The minimum Gasteiger partial charge on any atom is -0.497 e. The van der Waals surface area contributed by atoms with Crippen molar-refractivity contribution in [3.8, 4) is 5.75 Å². The summed E-state index contributed by atoms with van der Waals surface area (Å²) in [7, 11) is 1.66. The van der Waals surface area contributed by atoms with E-state index in [0.717, 1.165) is 35.3 Å². The van der Waals surface area contributed by atoms with Gasteiger partial charge in [0.2, 0.25) is 0 Å². The van der Waals surface area contributed by atoms with E-state index in [0.29, 0.717) is 15.8 Å². The molecule has 2 aromatic carbocycles. The Hall–Kier alpha value is -1.69. The summed E-state index contributed by atoms with van der Waals surface area (Å²) in [4.78, 5) is 0. The molecular formula is C19H19Cl2N3OS. The fourth-order valence-corrected chi connectivity index (χ4v) is 4.37. The number of hydrogen-bond acceptors (Lipinski definition) is 4. The zero-order chi connectivity index (χ0) is 18.5. The number of ether oxygens (including phenoxy) is 1. The topological polar surface area (TPSA) is 39.9 Å². The van der Waals surface area contributed by atoms with E-state index in [9.17, 15) is 0 Å². The van der Waals surface area contributed by atoms with E-state index in [1.165, 1.54) is 5.56 Å². The number of rotatable bonds is 7. The van der Waals surface area contributed by atoms with Crippen molar-refractivity contribution in [1.29, 1.82) is 0 Å². The maximum atomic E-state index is 6.26. The fourth-order valence-electron chi connectivity index (χ4n) is 2.61. The van der Waals surface area contributed by atoms with Crippen LogP contribution in [0.5, 0.6) is 5.75 Å². The van der Waals surface area contributed by atoms with E-state index in [-0.39, 0.29) is 0 Å². The van der Waals surface area contributed by atoms with E-state index in [2.05, 4.69) is 21.7 Å². The molecule has 136 valence electrons. The maximum Gasteiger partial charge on any atom is 0.191 e. The Labute approximate surface area is 167 Å². The monoisotopic (exact) mass is 407 g/mol. The lowest BCUT2D eigenvalue weighted by Gasteiger charge is -2.09. The van der Waals surface area contributed by atoms with Crippen LogP contribution in [0, 0.1) is 0 Å². The molecule has 0 aliphatic carbocycles. The summed E-state index contributed by atoms with van der Waals surface area (Å²) < 4.78 is 7.33. The van der Waals surface area contributed by atoms with Gasteiger partial charge in [-0.05, 0) is 42.3 Å². The number of thioether (sulfide) groups is 1. The number of methoxy groups -OCH3 is 1. The first-order chi connectivity index (χ1) is 12.6. The minimum atomic E-state index is 0.652. The second kappa shape index (κ2) is 8.80. The van der Waals surface area contributed by atoms with Gasteiger partial charge in [-0.2, -0.15) is 0 Å². The minimum absolute atomic E-state index is 0.652. The van der Waals surface area contributed by atoms with Crippen LogP contribution in [0.2, 0.25) is 10.0 Å². The number of halogens is 2. The third-order valence-corrected chi connectivity index (χ3v) is 5.74. The van der Waals surface area contributed by atoms with E-state index in [1.807, 2.05) is 42.5 Å². The van der Waals surface area contributed by atoms with Crippen molar-refractivity contribution >= 4 is 35.0 Å². The molecule has 26 heavy (non-hydrogen) atoms. The smallest absolute Gasteiger partial charge is 0.191 e. The number of aromatic nitrogens is 3. The summed E-state index contributed by atoms with van der Waals surface area (Å²) in [6.45, 7) is 2.89. The van der Waals surface area contributed by atoms with Crippen LogP contribution in [0.4, 0.5) is 0 Å². The summed E-state index contributed by atoms with van der Waals surface area (Å²) >= 11 is 14.1. The Balaban J connectivity index is 1.75. The van der Waals surface area contributed by atoms with E-state index < -0.39 is 0 Å². The number of benzene rings is 2. The van der Waals surface area contributed by atoms with Gasteiger partial charge in [-0.15, -0.1) is 10.2 Å². The molecule has 3 aromatic rings. The van der Waals surface area contributed by atoms with Crippen LogP contribution in [-0.4, -0.2) is 21.9 Å². The lowest BCUT2D eigenvalue weighted by Crippen LogP contribution is -2.04. The molecule has 0 fully saturated rings. The zero-order valence-electron chi connectivity index (χ0n) is 14.6. The van der Waals surface area contributed by atoms with Gasteiger partial charge in [0.25, 0.3) is 0 Å². The Kier molecular flexibility index (Phi) is 6.46. The Morgan fingerprint density at radius 2 is 1.73 bits per heavy atom. The summed E-state index contributed by atoms with van der Waals surface area (Å²) in [5, 5.41) is 10.9. The van der Waals surface area contributed by atoms with Crippen molar-refractivity contribution in [1.82, 2.24) is 14.8 Å². The SMILES string of the molecule is CCn1c(Cc2ccc(OC)cc2)nnc1SCc1c(Cl)cccc1Cl. The van der Waals surface area contributed by atoms with Crippen molar-refractivity contribution in [2.75, 3.05) is 7.11 Å². The van der Waals surface area contributed by atoms with Crippen molar-refractivity contribution in [3.05, 3.63) is 69.5 Å². The van der Waals surface area contributed by atoms with Gasteiger partial charge in [0.1, 0.15) is 11.6 Å². The molecule has 3 rings (SSSR count). The van der Waals surface area contributed by atoms with Gasteiger partial charge in [-0.3, -0.25) is 0 Å². The molecule has 0 N–H and O–H groups in total. The predicted octanol–water partition coefficient (Wildman–Crippen LogP) is 5.50. The van der Waals surface area contributed by atoms with Crippen molar-refractivity contribution in [2.24, 2.45) is 0 Å². The molecule has 7 heteroatoms. The molecule has 1 heterocycles. The molecule has 4 nitrogen and oxygen atoms in total. The van der Waals surface area contributed by atoms with E-state index in [1.54, 1.807) is 18.9 Å². The highest BCUT2D eigenvalue weighted by Crippen LogP contribution is 2.31. The average molecular weight is 408 g/mol. The molecule has 0 amide bonds. The quantitative estimate of drug-likeness (QED) is 0.484. The molecule has 0 spiro atoms. The van der Waals surface area contributed by atoms with Crippen LogP contribution < -0.4 is 4.74 Å². The largest absolute Gasteiger partial charge is 0.497 e. The highest BCUT2D eigenvalue weighted by Gasteiger charge is 2.14. The Bertz CT molecular complexity index is 861. The van der Waals surface area contributed by atoms with Gasteiger partial charge in [0.05, 0.1) is 7.11 Å². The highest BCUT2D eigenvalue weighted by molar-refractivity contribution is 7.98. The average Bonchev–Trinajstić information content (AvgIpc) is 3.03. The van der Waals surface area contributed by atoms with Crippen molar-refractivity contribution in [3.63, 3.8) is 0 Å². The summed E-state index contributed by atoms with van der Waals surface area (Å²) in [6.07, 6.45) is 0.720. The van der Waals surface area contributed by atoms with Gasteiger partial charge in [0.15, 0.2) is 5.16 Å². The Morgan fingerprint density at radius 3 is 2.35 bits per heavy atom. The first-order valence-corrected chi connectivity index (χ1v) is 9.97. The second-order valence-electron chi connectivity index (χ2n) is 5.66. The number of nitrogens with zero attached hydrogens (tertiary/aromatic N) is 3.